The van der Waals surface area contributed by atoms with Gasteiger partial charge in [0.2, 0.25) is 11.1 Å². The largest absolute Gasteiger partial charge is 0.443 e. The van der Waals surface area contributed by atoms with Crippen molar-refractivity contribution < 1.29 is 42.8 Å². The quantitative estimate of drug-likeness (QED) is 0.358. The van der Waals surface area contributed by atoms with Crippen LogP contribution < -0.4 is 4.90 Å². The van der Waals surface area contributed by atoms with Crippen LogP contribution in [0.25, 0.3) is 11.2 Å². The molecule has 1 N–H and O–H groups in total. The van der Waals surface area contributed by atoms with Crippen LogP contribution in [0.4, 0.5) is 15.4 Å². The van der Waals surface area contributed by atoms with E-state index in [1.807, 2.05) is 0 Å². The summed E-state index contributed by atoms with van der Waals surface area (Å²) in [6, 6.07) is 0. The van der Waals surface area contributed by atoms with Gasteiger partial charge in [0.15, 0.2) is 40.9 Å². The van der Waals surface area contributed by atoms with E-state index >= 15 is 0 Å². The molecular formula is C27H36ClN9O9. The van der Waals surface area contributed by atoms with Gasteiger partial charge in [0.1, 0.15) is 29.5 Å². The summed E-state index contributed by atoms with van der Waals surface area (Å²) in [5.74, 6) is -1.53. The molecule has 5 rings (SSSR count). The third-order valence-electron chi connectivity index (χ3n) is 6.53. The molecule has 3 aromatic heterocycles. The summed E-state index contributed by atoms with van der Waals surface area (Å²) in [7, 11) is 0. The highest BCUT2D eigenvalue weighted by Crippen LogP contribution is 2.44. The van der Waals surface area contributed by atoms with E-state index in [4.69, 9.17) is 40.0 Å². The number of hydrogen-bond acceptors (Lipinski definition) is 15. The number of aromatic nitrogens is 8. The SMILES string of the molecule is CC(=O)C(OC[C@H]1O[C@@H](n2cnc3c(N(C(=O)OC(C)(C)C)C(=O)OC(C)(C)C)nc(Cl)nc32)[C@@H]2OC(C)(C)O[C@@H]21)c1nn[nH]n1. The molecule has 2 saturated heterocycles. The first-order valence-electron chi connectivity index (χ1n) is 14.4. The van der Waals surface area contributed by atoms with E-state index in [0.29, 0.717) is 4.90 Å². The molecule has 2 aliphatic heterocycles. The molecule has 250 valence electrons. The summed E-state index contributed by atoms with van der Waals surface area (Å²) < 4.78 is 37.2. The number of Topliss-reactive ketones (excluding diaryl/α,β-unsaturated/α-hetero) is 1. The van der Waals surface area contributed by atoms with Gasteiger partial charge < -0.3 is 28.4 Å². The molecule has 18 nitrogen and oxygen atoms in total. The molecule has 1 unspecified atom stereocenters. The number of nitrogens with zero attached hydrogens (tertiary/aromatic N) is 8. The first-order chi connectivity index (χ1) is 21.3. The van der Waals surface area contributed by atoms with Gasteiger partial charge >= 0.3 is 12.2 Å². The zero-order valence-electron chi connectivity index (χ0n) is 26.8. The molecule has 2 fully saturated rings. The number of ketones is 1. The minimum Gasteiger partial charge on any atom is -0.443 e. The molecule has 0 bridgehead atoms. The lowest BCUT2D eigenvalue weighted by molar-refractivity contribution is -0.203. The van der Waals surface area contributed by atoms with Crippen LogP contribution in [0.5, 0.6) is 0 Å². The van der Waals surface area contributed by atoms with Crippen LogP contribution in [-0.4, -0.2) is 100 Å². The Morgan fingerprint density at radius 3 is 2.26 bits per heavy atom. The predicted octanol–water partition coefficient (Wildman–Crippen LogP) is 3.43. The van der Waals surface area contributed by atoms with Gasteiger partial charge in [-0.3, -0.25) is 9.36 Å². The maximum absolute atomic E-state index is 13.4. The first kappa shape index (κ1) is 33.5. The van der Waals surface area contributed by atoms with E-state index in [2.05, 4.69) is 35.6 Å². The number of aromatic amines is 1. The second-order valence-corrected chi connectivity index (χ2v) is 13.5. The van der Waals surface area contributed by atoms with Gasteiger partial charge in [-0.1, -0.05) is 5.21 Å². The fourth-order valence-corrected chi connectivity index (χ4v) is 5.10. The highest BCUT2D eigenvalue weighted by Gasteiger charge is 2.56. The molecule has 3 aromatic rings. The van der Waals surface area contributed by atoms with Crippen molar-refractivity contribution >= 4 is 46.6 Å². The minimum absolute atomic E-state index is 0.0212. The molecule has 0 saturated carbocycles. The highest BCUT2D eigenvalue weighted by atomic mass is 35.5. The summed E-state index contributed by atoms with van der Waals surface area (Å²) in [6.07, 6.45) is -4.81. The molecule has 2 aliphatic rings. The maximum atomic E-state index is 13.4. The Hall–Kier alpha value is -3.84. The third kappa shape index (κ3) is 7.10. The lowest BCUT2D eigenvalue weighted by Crippen LogP contribution is -2.44. The molecule has 2 amide bonds. The van der Waals surface area contributed by atoms with Crippen LogP contribution >= 0.6 is 11.6 Å². The van der Waals surface area contributed by atoms with Gasteiger partial charge in [-0.2, -0.15) is 20.1 Å². The Morgan fingerprint density at radius 2 is 1.70 bits per heavy atom. The van der Waals surface area contributed by atoms with Crippen LogP contribution in [0.1, 0.15) is 80.5 Å². The van der Waals surface area contributed by atoms with Gasteiger partial charge in [0.05, 0.1) is 12.9 Å². The zero-order chi connectivity index (χ0) is 33.8. The van der Waals surface area contributed by atoms with Crippen LogP contribution in [0.3, 0.4) is 0 Å². The average molecular weight is 666 g/mol. The Balaban J connectivity index is 1.51. The summed E-state index contributed by atoms with van der Waals surface area (Å²) in [6.45, 7) is 14.6. The van der Waals surface area contributed by atoms with Crippen molar-refractivity contribution in [2.24, 2.45) is 0 Å². The number of H-pyrrole nitrogens is 1. The van der Waals surface area contributed by atoms with E-state index in [1.54, 1.807) is 55.4 Å². The average Bonchev–Trinajstić information content (AvgIpc) is 3.67. The lowest BCUT2D eigenvalue weighted by Gasteiger charge is -2.28. The highest BCUT2D eigenvalue weighted by molar-refractivity contribution is 6.29. The molecule has 0 aromatic carbocycles. The number of halogens is 1. The van der Waals surface area contributed by atoms with Gasteiger partial charge in [0, 0.05) is 0 Å². The van der Waals surface area contributed by atoms with Crippen molar-refractivity contribution in [1.82, 2.24) is 40.1 Å². The number of rotatable bonds is 7. The molecule has 46 heavy (non-hydrogen) atoms. The summed E-state index contributed by atoms with van der Waals surface area (Å²) in [5.41, 5.74) is -1.80. The van der Waals surface area contributed by atoms with Crippen molar-refractivity contribution in [1.29, 1.82) is 0 Å². The number of imide groups is 1. The number of carbonyl (C=O) groups excluding carboxylic acids is 3. The molecule has 5 heterocycles. The van der Waals surface area contributed by atoms with Crippen molar-refractivity contribution in [3.8, 4) is 0 Å². The van der Waals surface area contributed by atoms with E-state index in [-0.39, 0.29) is 40.5 Å². The number of carbonyl (C=O) groups is 3. The predicted molar refractivity (Wildman–Crippen MR) is 157 cm³/mol. The molecule has 0 spiro atoms. The molecular weight excluding hydrogens is 630 g/mol. The first-order valence-corrected chi connectivity index (χ1v) is 14.7. The Morgan fingerprint density at radius 1 is 1.07 bits per heavy atom. The molecule has 19 heteroatoms. The minimum atomic E-state index is -1.09. The van der Waals surface area contributed by atoms with Crippen LogP contribution in [0.15, 0.2) is 6.33 Å². The Bertz CT molecular complexity index is 1590. The monoisotopic (exact) mass is 665 g/mol. The van der Waals surface area contributed by atoms with Gasteiger partial charge in [-0.15, -0.1) is 10.2 Å². The number of anilines is 1. The van der Waals surface area contributed by atoms with Crippen molar-refractivity contribution in [3.05, 3.63) is 17.4 Å². The number of amides is 2. The summed E-state index contributed by atoms with van der Waals surface area (Å²) in [5, 5.41) is 13.2. The van der Waals surface area contributed by atoms with Gasteiger partial charge in [-0.05, 0) is 73.9 Å². The number of ether oxygens (including phenoxy) is 6. The Kier molecular flexibility index (Phi) is 8.80. The molecule has 0 aliphatic carbocycles. The Labute approximate surface area is 268 Å². The second-order valence-electron chi connectivity index (χ2n) is 13.2. The van der Waals surface area contributed by atoms with E-state index in [1.165, 1.54) is 17.8 Å². The zero-order valence-corrected chi connectivity index (χ0v) is 27.6. The number of tetrazole rings is 1. The second kappa shape index (κ2) is 12.1. The molecule has 0 radical (unpaired) electrons. The maximum Gasteiger partial charge on any atom is 0.425 e. The third-order valence-corrected chi connectivity index (χ3v) is 6.70. The van der Waals surface area contributed by atoms with Crippen molar-refractivity contribution in [2.75, 3.05) is 11.5 Å². The van der Waals surface area contributed by atoms with Crippen LogP contribution in [-0.2, 0) is 33.2 Å². The summed E-state index contributed by atoms with van der Waals surface area (Å²) in [4.78, 5) is 52.6. The number of hydrogen-bond donors (Lipinski definition) is 1. The fraction of sp³-hybridized carbons (Fsp3) is 0.667. The van der Waals surface area contributed by atoms with Gasteiger partial charge in [0.25, 0.3) is 0 Å². The summed E-state index contributed by atoms with van der Waals surface area (Å²) >= 11 is 6.36. The lowest BCUT2D eigenvalue weighted by atomic mass is 10.1. The standard InChI is InChI=1S/C27H36ClN9O9/c1-12(38)15(18-32-34-35-33-18)41-10-13-16-17(44-27(8,9)43-16)21(42-13)36-11-29-14-19(36)30-22(28)31-20(14)37(23(39)45-25(2,3)4)24(40)46-26(5,6)7/h11,13,15-17,21H,10H2,1-9H3,(H,32,33,34,35)/t13-,15?,16-,17-,21-/m1/s1. The molecule has 5 atom stereocenters. The number of fused-ring (bicyclic) bond motifs is 2. The van der Waals surface area contributed by atoms with E-state index in [9.17, 15) is 14.4 Å². The number of nitrogens with one attached hydrogen (secondary N) is 1. The van der Waals surface area contributed by atoms with Gasteiger partial charge in [-0.25, -0.2) is 14.6 Å². The number of imidazole rings is 1. The smallest absolute Gasteiger partial charge is 0.425 e. The van der Waals surface area contributed by atoms with Crippen LogP contribution in [0, 0.1) is 0 Å². The van der Waals surface area contributed by atoms with Crippen molar-refractivity contribution in [3.63, 3.8) is 0 Å². The van der Waals surface area contributed by atoms with Crippen molar-refractivity contribution in [2.45, 2.75) is 110 Å². The topological polar surface area (TPSA) is 208 Å². The van der Waals surface area contributed by atoms with Crippen LogP contribution in [0.2, 0.25) is 5.28 Å². The fourth-order valence-electron chi connectivity index (χ4n) is 4.94. The van der Waals surface area contributed by atoms with E-state index in [0.717, 1.165) is 0 Å². The normalized spacial score (nSPS) is 23.3. The van der Waals surface area contributed by atoms with E-state index < -0.39 is 59.8 Å².